The summed E-state index contributed by atoms with van der Waals surface area (Å²) in [5.74, 6) is 4.40. The van der Waals surface area contributed by atoms with Gasteiger partial charge in [-0.05, 0) is 68.3 Å². The van der Waals surface area contributed by atoms with Crippen molar-refractivity contribution in [3.8, 4) is 0 Å². The molecule has 0 bridgehead atoms. The van der Waals surface area contributed by atoms with Crippen LogP contribution in [0.25, 0.3) is 0 Å². The third-order valence-electron chi connectivity index (χ3n) is 5.97. The molecule has 0 amide bonds. The molecule has 3 aliphatic rings. The van der Waals surface area contributed by atoms with Crippen molar-refractivity contribution in [1.29, 1.82) is 0 Å². The third kappa shape index (κ3) is 3.53. The lowest BCUT2D eigenvalue weighted by molar-refractivity contribution is -0.0948. The van der Waals surface area contributed by atoms with Crippen LogP contribution in [0.4, 0.5) is 0 Å². The molecule has 4 atom stereocenters. The number of hydrogen-bond acceptors (Lipinski definition) is 3. The van der Waals surface area contributed by atoms with Crippen LogP contribution < -0.4 is 5.32 Å². The summed E-state index contributed by atoms with van der Waals surface area (Å²) in [5.41, 5.74) is 0.231. The second-order valence-corrected chi connectivity index (χ2v) is 8.69. The minimum Gasteiger partial charge on any atom is -0.375 e. The lowest BCUT2D eigenvalue weighted by Crippen LogP contribution is -2.52. The second-order valence-electron chi connectivity index (χ2n) is 7.46. The Morgan fingerprint density at radius 1 is 1.00 bits per heavy atom. The van der Waals surface area contributed by atoms with Gasteiger partial charge >= 0.3 is 0 Å². The Hall–Kier alpha value is 0.270. The Morgan fingerprint density at radius 3 is 2.55 bits per heavy atom. The summed E-state index contributed by atoms with van der Waals surface area (Å²) in [6.07, 6.45) is 9.18. The van der Waals surface area contributed by atoms with Crippen LogP contribution in [0.1, 0.15) is 58.8 Å². The maximum Gasteiger partial charge on any atom is 0.0713 e. The van der Waals surface area contributed by atoms with Gasteiger partial charge in [-0.1, -0.05) is 13.8 Å². The summed E-state index contributed by atoms with van der Waals surface area (Å²) in [6.45, 7) is 5.83. The molecule has 2 nitrogen and oxygen atoms in total. The molecule has 0 aromatic rings. The predicted molar refractivity (Wildman–Crippen MR) is 87.4 cm³/mol. The van der Waals surface area contributed by atoms with Crippen molar-refractivity contribution in [2.45, 2.75) is 76.5 Å². The van der Waals surface area contributed by atoms with Crippen molar-refractivity contribution in [2.75, 3.05) is 18.1 Å². The van der Waals surface area contributed by atoms with Gasteiger partial charge in [-0.15, -0.1) is 0 Å². The van der Waals surface area contributed by atoms with Gasteiger partial charge in [-0.3, -0.25) is 0 Å². The molecule has 1 spiro atoms. The SMILES string of the molecule is CC1CCC(NC2CCOC3(CCSCC3)C2)CC1C. The average molecular weight is 298 g/mol. The molecule has 1 N–H and O–H groups in total. The van der Waals surface area contributed by atoms with Gasteiger partial charge in [-0.2, -0.15) is 11.8 Å². The number of rotatable bonds is 2. The molecule has 2 aliphatic heterocycles. The zero-order chi connectivity index (χ0) is 14.0. The molecule has 2 heterocycles. The summed E-state index contributed by atoms with van der Waals surface area (Å²) in [7, 11) is 0. The molecule has 1 saturated carbocycles. The first-order chi connectivity index (χ1) is 9.67. The van der Waals surface area contributed by atoms with E-state index in [0.29, 0.717) is 6.04 Å². The second kappa shape index (κ2) is 6.58. The summed E-state index contributed by atoms with van der Waals surface area (Å²) >= 11 is 2.10. The van der Waals surface area contributed by atoms with E-state index in [0.717, 1.165) is 24.5 Å². The molecule has 3 heteroatoms. The quantitative estimate of drug-likeness (QED) is 0.836. The third-order valence-corrected chi connectivity index (χ3v) is 6.95. The highest BCUT2D eigenvalue weighted by molar-refractivity contribution is 7.99. The first-order valence-electron chi connectivity index (χ1n) is 8.65. The topological polar surface area (TPSA) is 21.3 Å². The average Bonchev–Trinajstić information content (AvgIpc) is 2.44. The molecular weight excluding hydrogens is 266 g/mol. The van der Waals surface area contributed by atoms with Crippen LogP contribution >= 0.6 is 11.8 Å². The molecule has 3 rings (SSSR count). The number of hydrogen-bond donors (Lipinski definition) is 1. The highest BCUT2D eigenvalue weighted by Crippen LogP contribution is 2.38. The fourth-order valence-electron chi connectivity index (χ4n) is 4.29. The lowest BCUT2D eigenvalue weighted by atomic mass is 9.78. The number of ether oxygens (including phenoxy) is 1. The summed E-state index contributed by atoms with van der Waals surface area (Å²) in [6, 6.07) is 1.47. The highest BCUT2D eigenvalue weighted by atomic mass is 32.2. The molecule has 0 aromatic carbocycles. The van der Waals surface area contributed by atoms with Gasteiger partial charge in [0.05, 0.1) is 5.60 Å². The molecule has 116 valence electrons. The van der Waals surface area contributed by atoms with E-state index in [2.05, 4.69) is 30.9 Å². The standard InChI is InChI=1S/C17H31NOS/c1-13-3-4-15(11-14(13)2)18-16-5-8-19-17(12-16)6-9-20-10-7-17/h13-16,18H,3-12H2,1-2H3. The fraction of sp³-hybridized carbons (Fsp3) is 1.00. The van der Waals surface area contributed by atoms with E-state index in [1.54, 1.807) is 0 Å². The first-order valence-corrected chi connectivity index (χ1v) is 9.80. The van der Waals surface area contributed by atoms with Crippen LogP contribution in [0, 0.1) is 11.8 Å². The van der Waals surface area contributed by atoms with Crippen molar-refractivity contribution in [3.63, 3.8) is 0 Å². The van der Waals surface area contributed by atoms with Crippen molar-refractivity contribution < 1.29 is 4.74 Å². The lowest BCUT2D eigenvalue weighted by Gasteiger charge is -2.45. The monoisotopic (exact) mass is 297 g/mol. The van der Waals surface area contributed by atoms with E-state index in [4.69, 9.17) is 4.74 Å². The molecule has 0 radical (unpaired) electrons. The van der Waals surface area contributed by atoms with E-state index < -0.39 is 0 Å². The van der Waals surface area contributed by atoms with Crippen LogP contribution in [0.5, 0.6) is 0 Å². The normalized spacial score (nSPS) is 41.7. The molecular formula is C17H31NOS. The largest absolute Gasteiger partial charge is 0.375 e. The minimum absolute atomic E-state index is 0.231. The Labute approximate surface area is 128 Å². The van der Waals surface area contributed by atoms with Gasteiger partial charge in [0.1, 0.15) is 0 Å². The molecule has 2 saturated heterocycles. The highest BCUT2D eigenvalue weighted by Gasteiger charge is 2.39. The minimum atomic E-state index is 0.231. The van der Waals surface area contributed by atoms with E-state index in [1.165, 1.54) is 56.5 Å². The number of thioether (sulfide) groups is 1. The fourth-order valence-corrected chi connectivity index (χ4v) is 5.53. The summed E-state index contributed by atoms with van der Waals surface area (Å²) < 4.78 is 6.21. The zero-order valence-electron chi connectivity index (χ0n) is 13.2. The first kappa shape index (κ1) is 15.2. The summed E-state index contributed by atoms with van der Waals surface area (Å²) in [5, 5.41) is 3.99. The Kier molecular flexibility index (Phi) is 4.99. The van der Waals surface area contributed by atoms with Crippen molar-refractivity contribution >= 4 is 11.8 Å². The maximum atomic E-state index is 6.21. The molecule has 0 aromatic heterocycles. The Morgan fingerprint density at radius 2 is 1.80 bits per heavy atom. The van der Waals surface area contributed by atoms with Crippen LogP contribution in [0.3, 0.4) is 0 Å². The van der Waals surface area contributed by atoms with E-state index in [9.17, 15) is 0 Å². The van der Waals surface area contributed by atoms with Crippen LogP contribution in [0.15, 0.2) is 0 Å². The van der Waals surface area contributed by atoms with Gasteiger partial charge in [0.15, 0.2) is 0 Å². The molecule has 20 heavy (non-hydrogen) atoms. The van der Waals surface area contributed by atoms with E-state index in [-0.39, 0.29) is 5.60 Å². The summed E-state index contributed by atoms with van der Waals surface area (Å²) in [4.78, 5) is 0. The van der Waals surface area contributed by atoms with Crippen LogP contribution in [-0.2, 0) is 4.74 Å². The van der Waals surface area contributed by atoms with Crippen LogP contribution in [0.2, 0.25) is 0 Å². The smallest absolute Gasteiger partial charge is 0.0713 e. The van der Waals surface area contributed by atoms with Crippen LogP contribution in [-0.4, -0.2) is 35.8 Å². The molecule has 4 unspecified atom stereocenters. The zero-order valence-corrected chi connectivity index (χ0v) is 14.0. The Balaban J connectivity index is 1.52. The molecule has 3 fully saturated rings. The van der Waals surface area contributed by atoms with Crippen molar-refractivity contribution in [3.05, 3.63) is 0 Å². The van der Waals surface area contributed by atoms with Gasteiger partial charge in [0, 0.05) is 18.7 Å². The molecule has 1 aliphatic carbocycles. The van der Waals surface area contributed by atoms with Crippen molar-refractivity contribution in [2.24, 2.45) is 11.8 Å². The maximum absolute atomic E-state index is 6.21. The Bertz CT molecular complexity index is 311. The van der Waals surface area contributed by atoms with E-state index >= 15 is 0 Å². The van der Waals surface area contributed by atoms with Gasteiger partial charge in [0.25, 0.3) is 0 Å². The van der Waals surface area contributed by atoms with Gasteiger partial charge in [-0.25, -0.2) is 0 Å². The van der Waals surface area contributed by atoms with Gasteiger partial charge < -0.3 is 10.1 Å². The number of nitrogens with one attached hydrogen (secondary N) is 1. The van der Waals surface area contributed by atoms with Gasteiger partial charge in [0.2, 0.25) is 0 Å². The van der Waals surface area contributed by atoms with Crippen molar-refractivity contribution in [1.82, 2.24) is 5.32 Å². The predicted octanol–water partition coefficient (Wildman–Crippen LogP) is 3.85. The van der Waals surface area contributed by atoms with E-state index in [1.807, 2.05) is 0 Å².